The van der Waals surface area contributed by atoms with E-state index in [1.54, 1.807) is 7.11 Å². The van der Waals surface area contributed by atoms with Gasteiger partial charge in [-0.15, -0.1) is 0 Å². The van der Waals surface area contributed by atoms with Crippen molar-refractivity contribution in [2.75, 3.05) is 13.7 Å². The lowest BCUT2D eigenvalue weighted by Gasteiger charge is -2.40. The minimum absolute atomic E-state index is 0.0150. The van der Waals surface area contributed by atoms with Crippen LogP contribution >= 0.6 is 0 Å². The summed E-state index contributed by atoms with van der Waals surface area (Å²) in [7, 11) is 1.61. The van der Waals surface area contributed by atoms with Crippen LogP contribution in [0.3, 0.4) is 0 Å². The van der Waals surface area contributed by atoms with Gasteiger partial charge in [-0.05, 0) is 56.6 Å². The number of hydrogen-bond donors (Lipinski definition) is 0. The van der Waals surface area contributed by atoms with E-state index in [0.717, 1.165) is 24.2 Å². The Morgan fingerprint density at radius 1 is 1.48 bits per heavy atom. The van der Waals surface area contributed by atoms with Crippen molar-refractivity contribution >= 4 is 5.97 Å². The van der Waals surface area contributed by atoms with Crippen LogP contribution in [-0.2, 0) is 9.53 Å². The van der Waals surface area contributed by atoms with Crippen LogP contribution in [0.5, 0.6) is 5.75 Å². The van der Waals surface area contributed by atoms with Gasteiger partial charge >= 0.3 is 0 Å². The van der Waals surface area contributed by atoms with Crippen molar-refractivity contribution in [3.05, 3.63) is 29.8 Å². The van der Waals surface area contributed by atoms with Crippen molar-refractivity contribution < 1.29 is 19.4 Å². The average molecular weight is 291 g/mol. The Balaban J connectivity index is 2.31. The van der Waals surface area contributed by atoms with Crippen molar-refractivity contribution in [2.24, 2.45) is 5.92 Å². The Labute approximate surface area is 126 Å². The minimum atomic E-state index is -1.02. The Morgan fingerprint density at radius 3 is 2.81 bits per heavy atom. The molecule has 2 rings (SSSR count). The molecule has 0 spiro atoms. The van der Waals surface area contributed by atoms with Crippen LogP contribution in [0.1, 0.15) is 44.6 Å². The Bertz CT molecular complexity index is 495. The predicted octanol–water partition coefficient (Wildman–Crippen LogP) is 2.12. The molecule has 0 aromatic heterocycles. The van der Waals surface area contributed by atoms with Crippen molar-refractivity contribution in [3.8, 4) is 5.75 Å². The number of ether oxygens (including phenoxy) is 2. The molecule has 0 bridgehead atoms. The lowest BCUT2D eigenvalue weighted by Crippen LogP contribution is -2.38. The van der Waals surface area contributed by atoms with Gasteiger partial charge in [0.15, 0.2) is 0 Å². The van der Waals surface area contributed by atoms with E-state index in [2.05, 4.69) is 13.8 Å². The van der Waals surface area contributed by atoms with Crippen LogP contribution in [0.15, 0.2) is 24.3 Å². The van der Waals surface area contributed by atoms with E-state index < -0.39 is 5.97 Å². The second-order valence-corrected chi connectivity index (χ2v) is 6.29. The summed E-state index contributed by atoms with van der Waals surface area (Å²) in [6.45, 7) is 4.77. The number of hydrogen-bond acceptors (Lipinski definition) is 4. The summed E-state index contributed by atoms with van der Waals surface area (Å²) in [6, 6.07) is 7.65. The first-order valence-corrected chi connectivity index (χ1v) is 7.39. The molecule has 1 aliphatic rings. The summed E-state index contributed by atoms with van der Waals surface area (Å²) < 4.78 is 11.2. The number of benzene rings is 1. The van der Waals surface area contributed by atoms with Crippen molar-refractivity contribution in [1.29, 1.82) is 0 Å². The molecule has 0 unspecified atom stereocenters. The summed E-state index contributed by atoms with van der Waals surface area (Å²) in [5, 5.41) is 11.2. The SMILES string of the molecule is COc1ccccc1[C@@H](CC(=O)[O-])[C@H]1CCOC(C)(C)C1. The van der Waals surface area contributed by atoms with Gasteiger partial charge in [0.25, 0.3) is 0 Å². The normalized spacial score (nSPS) is 22.5. The van der Waals surface area contributed by atoms with Gasteiger partial charge in [-0.25, -0.2) is 0 Å². The van der Waals surface area contributed by atoms with Crippen LogP contribution in [-0.4, -0.2) is 25.3 Å². The molecule has 2 atom stereocenters. The van der Waals surface area contributed by atoms with E-state index in [0.29, 0.717) is 6.61 Å². The van der Waals surface area contributed by atoms with E-state index in [1.165, 1.54) is 0 Å². The zero-order valence-electron chi connectivity index (χ0n) is 12.9. The molecule has 21 heavy (non-hydrogen) atoms. The second-order valence-electron chi connectivity index (χ2n) is 6.29. The van der Waals surface area contributed by atoms with Gasteiger partial charge in [-0.2, -0.15) is 0 Å². The van der Waals surface area contributed by atoms with Crippen LogP contribution in [0, 0.1) is 5.92 Å². The standard InChI is InChI=1S/C17H24O4/c1-17(2)11-12(8-9-21-17)14(10-16(18)19)13-6-4-5-7-15(13)20-3/h4-7,12,14H,8-11H2,1-3H3,(H,18,19)/p-1/t12-,14-/m0/s1. The maximum Gasteiger partial charge on any atom is 0.122 e. The fourth-order valence-corrected chi connectivity index (χ4v) is 3.31. The number of para-hydroxylation sites is 1. The van der Waals surface area contributed by atoms with Crippen LogP contribution in [0.4, 0.5) is 0 Å². The summed E-state index contributed by atoms with van der Waals surface area (Å²) in [5.41, 5.74) is 0.738. The predicted molar refractivity (Wildman–Crippen MR) is 78.1 cm³/mol. The van der Waals surface area contributed by atoms with Gasteiger partial charge in [-0.3, -0.25) is 0 Å². The molecule has 0 aliphatic carbocycles. The third-order valence-electron chi connectivity index (χ3n) is 4.23. The van der Waals surface area contributed by atoms with Gasteiger partial charge in [0.05, 0.1) is 12.7 Å². The molecule has 1 aliphatic heterocycles. The molecule has 0 radical (unpaired) electrons. The van der Waals surface area contributed by atoms with Crippen molar-refractivity contribution in [2.45, 2.75) is 44.6 Å². The molecule has 1 aromatic rings. The van der Waals surface area contributed by atoms with Gasteiger partial charge in [0.1, 0.15) is 5.75 Å². The maximum absolute atomic E-state index is 11.2. The van der Waals surface area contributed by atoms with Crippen LogP contribution in [0.2, 0.25) is 0 Å². The molecule has 0 N–H and O–H groups in total. The lowest BCUT2D eigenvalue weighted by atomic mass is 9.75. The first-order valence-electron chi connectivity index (χ1n) is 7.39. The molecule has 1 aromatic carbocycles. The quantitative estimate of drug-likeness (QED) is 0.834. The monoisotopic (exact) mass is 291 g/mol. The van der Waals surface area contributed by atoms with Gasteiger partial charge in [0, 0.05) is 12.6 Å². The summed E-state index contributed by atoms with van der Waals surface area (Å²) in [4.78, 5) is 11.2. The highest BCUT2D eigenvalue weighted by molar-refractivity contribution is 5.66. The topological polar surface area (TPSA) is 58.6 Å². The van der Waals surface area contributed by atoms with E-state index in [-0.39, 0.29) is 23.9 Å². The molecule has 0 amide bonds. The minimum Gasteiger partial charge on any atom is -0.550 e. The number of aliphatic carboxylic acids is 1. The second kappa shape index (κ2) is 6.48. The number of carbonyl (C=O) groups is 1. The molecule has 4 heteroatoms. The van der Waals surface area contributed by atoms with Gasteiger partial charge in [0.2, 0.25) is 0 Å². The lowest BCUT2D eigenvalue weighted by molar-refractivity contribution is -0.306. The van der Waals surface area contributed by atoms with Crippen molar-refractivity contribution in [3.63, 3.8) is 0 Å². The Kier molecular flexibility index (Phi) is 4.88. The zero-order valence-corrected chi connectivity index (χ0v) is 12.9. The summed E-state index contributed by atoms with van der Waals surface area (Å²) in [6.07, 6.45) is 1.71. The van der Waals surface area contributed by atoms with Gasteiger partial charge < -0.3 is 19.4 Å². The van der Waals surface area contributed by atoms with E-state index in [1.807, 2.05) is 24.3 Å². The molecule has 0 saturated carbocycles. The first-order chi connectivity index (χ1) is 9.93. The summed E-state index contributed by atoms with van der Waals surface area (Å²) >= 11 is 0. The highest BCUT2D eigenvalue weighted by Gasteiger charge is 2.35. The fraction of sp³-hybridized carbons (Fsp3) is 0.588. The third kappa shape index (κ3) is 3.97. The molecular formula is C17H23O4-. The molecule has 1 fully saturated rings. The molecule has 1 saturated heterocycles. The number of carboxylic acid groups (broad SMARTS) is 1. The molecule has 4 nitrogen and oxygen atoms in total. The first kappa shape index (κ1) is 15.8. The van der Waals surface area contributed by atoms with E-state index >= 15 is 0 Å². The Hall–Kier alpha value is -1.55. The smallest absolute Gasteiger partial charge is 0.122 e. The number of carbonyl (C=O) groups excluding carboxylic acids is 1. The third-order valence-corrected chi connectivity index (χ3v) is 4.23. The molecule has 1 heterocycles. The molecular weight excluding hydrogens is 268 g/mol. The highest BCUT2D eigenvalue weighted by atomic mass is 16.5. The fourth-order valence-electron chi connectivity index (χ4n) is 3.31. The zero-order chi connectivity index (χ0) is 15.5. The van der Waals surface area contributed by atoms with Crippen molar-refractivity contribution in [1.82, 2.24) is 0 Å². The average Bonchev–Trinajstić information content (AvgIpc) is 2.43. The van der Waals surface area contributed by atoms with Crippen LogP contribution < -0.4 is 9.84 Å². The highest BCUT2D eigenvalue weighted by Crippen LogP contribution is 2.42. The Morgan fingerprint density at radius 2 is 2.19 bits per heavy atom. The van der Waals surface area contributed by atoms with E-state index in [4.69, 9.17) is 9.47 Å². The van der Waals surface area contributed by atoms with Gasteiger partial charge in [-0.1, -0.05) is 18.2 Å². The largest absolute Gasteiger partial charge is 0.550 e. The summed E-state index contributed by atoms with van der Waals surface area (Å²) in [5.74, 6) is -0.125. The number of rotatable bonds is 5. The van der Waals surface area contributed by atoms with Crippen LogP contribution in [0.25, 0.3) is 0 Å². The van der Waals surface area contributed by atoms with E-state index in [9.17, 15) is 9.90 Å². The maximum atomic E-state index is 11.2. The number of carboxylic acids is 1. The molecule has 116 valence electrons. The number of methoxy groups -OCH3 is 1.